The average molecular weight is 374 g/mol. The summed E-state index contributed by atoms with van der Waals surface area (Å²) in [7, 11) is 0. The van der Waals surface area contributed by atoms with E-state index in [2.05, 4.69) is 36.4 Å². The first-order chi connectivity index (χ1) is 12.0. The standard InChI is InChI=1S/C20H27N3O2S/c1-19(2,3)13-20(4,5)23-17(25)15-12-26-18(21-15)22-16(24)11-14-9-7-6-8-10-14/h6-10,12H,11,13H2,1-5H3,(H,23,25)(H,21,22,24). The molecule has 0 aliphatic carbocycles. The summed E-state index contributed by atoms with van der Waals surface area (Å²) in [5, 5.41) is 7.89. The zero-order valence-corrected chi connectivity index (χ0v) is 16.9. The second kappa shape index (κ2) is 7.99. The van der Waals surface area contributed by atoms with Gasteiger partial charge >= 0.3 is 0 Å². The predicted molar refractivity (Wildman–Crippen MR) is 107 cm³/mol. The minimum atomic E-state index is -0.338. The molecule has 26 heavy (non-hydrogen) atoms. The number of benzene rings is 1. The number of anilines is 1. The Morgan fingerprint density at radius 3 is 2.35 bits per heavy atom. The first kappa shape index (κ1) is 20.1. The molecule has 1 aromatic carbocycles. The zero-order valence-electron chi connectivity index (χ0n) is 16.1. The molecular weight excluding hydrogens is 346 g/mol. The van der Waals surface area contributed by atoms with Gasteiger partial charge in [0.1, 0.15) is 5.69 Å². The van der Waals surface area contributed by atoms with Gasteiger partial charge in [-0.3, -0.25) is 9.59 Å². The maximum atomic E-state index is 12.5. The summed E-state index contributed by atoms with van der Waals surface area (Å²) < 4.78 is 0. The van der Waals surface area contributed by atoms with Crippen molar-refractivity contribution in [1.29, 1.82) is 0 Å². The molecule has 0 unspecified atom stereocenters. The van der Waals surface area contributed by atoms with E-state index < -0.39 is 0 Å². The molecule has 0 saturated carbocycles. The maximum absolute atomic E-state index is 12.5. The van der Waals surface area contributed by atoms with E-state index in [4.69, 9.17) is 0 Å². The highest BCUT2D eigenvalue weighted by Crippen LogP contribution is 2.27. The number of hydrogen-bond acceptors (Lipinski definition) is 4. The van der Waals surface area contributed by atoms with Gasteiger partial charge in [-0.25, -0.2) is 4.98 Å². The van der Waals surface area contributed by atoms with Gasteiger partial charge in [0.25, 0.3) is 5.91 Å². The summed E-state index contributed by atoms with van der Waals surface area (Å²) >= 11 is 1.25. The van der Waals surface area contributed by atoms with Crippen LogP contribution in [0.25, 0.3) is 0 Å². The lowest BCUT2D eigenvalue weighted by Gasteiger charge is -2.33. The summed E-state index contributed by atoms with van der Waals surface area (Å²) in [6.07, 6.45) is 1.12. The van der Waals surface area contributed by atoms with Gasteiger partial charge in [-0.15, -0.1) is 11.3 Å². The molecule has 0 fully saturated rings. The van der Waals surface area contributed by atoms with Crippen molar-refractivity contribution in [2.45, 2.75) is 53.0 Å². The summed E-state index contributed by atoms with van der Waals surface area (Å²) in [6.45, 7) is 10.4. The normalized spacial score (nSPS) is 11.9. The number of hydrogen-bond donors (Lipinski definition) is 2. The molecule has 0 spiro atoms. The molecular formula is C20H27N3O2S. The van der Waals surface area contributed by atoms with Gasteiger partial charge in [-0.05, 0) is 31.2 Å². The molecule has 0 aliphatic heterocycles. The van der Waals surface area contributed by atoms with Crippen molar-refractivity contribution in [2.75, 3.05) is 5.32 Å². The highest BCUT2D eigenvalue weighted by Gasteiger charge is 2.28. The second-order valence-corrected chi connectivity index (χ2v) is 9.18. The van der Waals surface area contributed by atoms with E-state index in [1.807, 2.05) is 44.2 Å². The van der Waals surface area contributed by atoms with Crippen LogP contribution in [0.15, 0.2) is 35.7 Å². The molecule has 0 atom stereocenters. The van der Waals surface area contributed by atoms with Crippen molar-refractivity contribution in [3.8, 4) is 0 Å². The highest BCUT2D eigenvalue weighted by molar-refractivity contribution is 7.14. The van der Waals surface area contributed by atoms with Gasteiger partial charge in [0.2, 0.25) is 5.91 Å². The van der Waals surface area contributed by atoms with Crippen LogP contribution in [0, 0.1) is 5.41 Å². The fourth-order valence-electron chi connectivity index (χ4n) is 3.12. The number of nitrogens with zero attached hydrogens (tertiary/aromatic N) is 1. The number of carbonyl (C=O) groups is 2. The number of thiazole rings is 1. The van der Waals surface area contributed by atoms with E-state index in [1.54, 1.807) is 5.38 Å². The number of carbonyl (C=O) groups excluding carboxylic acids is 2. The Morgan fingerprint density at radius 2 is 1.73 bits per heavy atom. The van der Waals surface area contributed by atoms with Crippen LogP contribution >= 0.6 is 11.3 Å². The fourth-order valence-corrected chi connectivity index (χ4v) is 3.83. The van der Waals surface area contributed by atoms with Crippen molar-refractivity contribution < 1.29 is 9.59 Å². The van der Waals surface area contributed by atoms with Crippen molar-refractivity contribution >= 4 is 28.3 Å². The molecule has 6 heteroatoms. The summed E-state index contributed by atoms with van der Waals surface area (Å²) in [6, 6.07) is 9.51. The first-order valence-corrected chi connectivity index (χ1v) is 9.54. The van der Waals surface area contributed by atoms with Crippen LogP contribution in [0.3, 0.4) is 0 Å². The molecule has 0 aliphatic rings. The van der Waals surface area contributed by atoms with E-state index in [-0.39, 0.29) is 29.2 Å². The Kier molecular flexibility index (Phi) is 6.18. The average Bonchev–Trinajstić information content (AvgIpc) is 2.93. The molecule has 2 amide bonds. The monoisotopic (exact) mass is 373 g/mol. The Morgan fingerprint density at radius 1 is 1.08 bits per heavy atom. The SMILES string of the molecule is CC(C)(C)CC(C)(C)NC(=O)c1csc(NC(=O)Cc2ccccc2)n1. The van der Waals surface area contributed by atoms with Crippen molar-refractivity contribution in [3.63, 3.8) is 0 Å². The largest absolute Gasteiger partial charge is 0.346 e. The Bertz CT molecular complexity index is 761. The van der Waals surface area contributed by atoms with E-state index in [0.717, 1.165) is 12.0 Å². The van der Waals surface area contributed by atoms with Gasteiger partial charge in [-0.2, -0.15) is 0 Å². The Labute approximate surface area is 159 Å². The molecule has 0 bridgehead atoms. The zero-order chi connectivity index (χ0) is 19.4. The van der Waals surface area contributed by atoms with Crippen LogP contribution in [-0.2, 0) is 11.2 Å². The lowest BCUT2D eigenvalue weighted by atomic mass is 9.82. The number of aromatic nitrogens is 1. The third kappa shape index (κ3) is 6.59. The first-order valence-electron chi connectivity index (χ1n) is 8.66. The molecule has 5 nitrogen and oxygen atoms in total. The number of nitrogens with one attached hydrogen (secondary N) is 2. The number of amides is 2. The summed E-state index contributed by atoms with van der Waals surface area (Å²) in [5.74, 6) is -0.371. The Balaban J connectivity index is 1.94. The van der Waals surface area contributed by atoms with E-state index in [9.17, 15) is 9.59 Å². The number of rotatable bonds is 6. The molecule has 2 N–H and O–H groups in total. The van der Waals surface area contributed by atoms with Gasteiger partial charge in [-0.1, -0.05) is 51.1 Å². The van der Waals surface area contributed by atoms with Gasteiger partial charge in [0, 0.05) is 10.9 Å². The molecule has 0 saturated heterocycles. The molecule has 2 rings (SSSR count). The van der Waals surface area contributed by atoms with Crippen molar-refractivity contribution in [2.24, 2.45) is 5.41 Å². The molecule has 140 valence electrons. The summed E-state index contributed by atoms with van der Waals surface area (Å²) in [4.78, 5) is 28.8. The molecule has 2 aromatic rings. The van der Waals surface area contributed by atoms with Crippen LogP contribution < -0.4 is 10.6 Å². The van der Waals surface area contributed by atoms with Gasteiger partial charge in [0.05, 0.1) is 6.42 Å². The van der Waals surface area contributed by atoms with Crippen LogP contribution in [0.2, 0.25) is 0 Å². The van der Waals surface area contributed by atoms with E-state index >= 15 is 0 Å². The van der Waals surface area contributed by atoms with Crippen molar-refractivity contribution in [3.05, 3.63) is 47.0 Å². The minimum Gasteiger partial charge on any atom is -0.346 e. The van der Waals surface area contributed by atoms with Gasteiger partial charge in [0.15, 0.2) is 5.13 Å². The topological polar surface area (TPSA) is 71.1 Å². The molecule has 1 aromatic heterocycles. The van der Waals surface area contributed by atoms with Crippen molar-refractivity contribution in [1.82, 2.24) is 10.3 Å². The van der Waals surface area contributed by atoms with Crippen LogP contribution in [0.1, 0.15) is 57.1 Å². The Hall–Kier alpha value is -2.21. The van der Waals surface area contributed by atoms with E-state index in [1.165, 1.54) is 11.3 Å². The third-order valence-electron chi connectivity index (χ3n) is 3.61. The smallest absolute Gasteiger partial charge is 0.271 e. The minimum absolute atomic E-state index is 0.107. The predicted octanol–water partition coefficient (Wildman–Crippen LogP) is 4.27. The maximum Gasteiger partial charge on any atom is 0.271 e. The third-order valence-corrected chi connectivity index (χ3v) is 4.37. The quantitative estimate of drug-likeness (QED) is 0.794. The van der Waals surface area contributed by atoms with Crippen LogP contribution in [0.4, 0.5) is 5.13 Å². The molecule has 1 heterocycles. The second-order valence-electron chi connectivity index (χ2n) is 8.32. The van der Waals surface area contributed by atoms with Crippen LogP contribution in [-0.4, -0.2) is 22.3 Å². The molecule has 0 radical (unpaired) electrons. The lowest BCUT2D eigenvalue weighted by Crippen LogP contribution is -2.45. The van der Waals surface area contributed by atoms with E-state index in [0.29, 0.717) is 10.8 Å². The highest BCUT2D eigenvalue weighted by atomic mass is 32.1. The fraction of sp³-hybridized carbons (Fsp3) is 0.450. The lowest BCUT2D eigenvalue weighted by molar-refractivity contribution is -0.115. The summed E-state index contributed by atoms with van der Waals surface area (Å²) in [5.41, 5.74) is 1.03. The van der Waals surface area contributed by atoms with Gasteiger partial charge < -0.3 is 10.6 Å². The van der Waals surface area contributed by atoms with Crippen LogP contribution in [0.5, 0.6) is 0 Å².